The Kier molecular flexibility index (Phi) is 7.63. The van der Waals surface area contributed by atoms with Gasteiger partial charge in [-0.1, -0.05) is 50.2 Å². The van der Waals surface area contributed by atoms with E-state index in [0.29, 0.717) is 35.3 Å². The van der Waals surface area contributed by atoms with E-state index in [1.807, 2.05) is 43.0 Å². The maximum absolute atomic E-state index is 12.3. The molecule has 7 nitrogen and oxygen atoms in total. The maximum atomic E-state index is 12.3. The van der Waals surface area contributed by atoms with Crippen molar-refractivity contribution in [3.63, 3.8) is 0 Å². The van der Waals surface area contributed by atoms with Gasteiger partial charge in [0, 0.05) is 37.2 Å². The van der Waals surface area contributed by atoms with Gasteiger partial charge >= 0.3 is 0 Å². The molecule has 1 saturated heterocycles. The van der Waals surface area contributed by atoms with Crippen molar-refractivity contribution in [1.82, 2.24) is 14.9 Å². The van der Waals surface area contributed by atoms with Crippen LogP contribution in [0.5, 0.6) is 0 Å². The summed E-state index contributed by atoms with van der Waals surface area (Å²) in [5.41, 5.74) is 2.23. The fourth-order valence-corrected chi connectivity index (χ4v) is 3.76. The van der Waals surface area contributed by atoms with E-state index in [-0.39, 0.29) is 23.8 Å². The van der Waals surface area contributed by atoms with Crippen molar-refractivity contribution in [2.75, 3.05) is 23.7 Å². The first-order valence-electron chi connectivity index (χ1n) is 10.5. The minimum Gasteiger partial charge on any atom is -0.350 e. The molecule has 2 heterocycles. The molecule has 0 aliphatic carbocycles. The number of para-hydroxylation sites is 1. The minimum atomic E-state index is -0.276. The average Bonchev–Trinajstić information content (AvgIpc) is 2.76. The van der Waals surface area contributed by atoms with Crippen LogP contribution in [-0.4, -0.2) is 45.8 Å². The van der Waals surface area contributed by atoms with E-state index in [9.17, 15) is 9.59 Å². The van der Waals surface area contributed by atoms with E-state index >= 15 is 0 Å². The summed E-state index contributed by atoms with van der Waals surface area (Å²) >= 11 is 6.36. The van der Waals surface area contributed by atoms with Crippen molar-refractivity contribution in [3.8, 4) is 0 Å². The molecule has 1 fully saturated rings. The van der Waals surface area contributed by atoms with Gasteiger partial charge in [0.15, 0.2) is 0 Å². The second-order valence-corrected chi connectivity index (χ2v) is 8.35. The first-order chi connectivity index (χ1) is 14.9. The van der Waals surface area contributed by atoms with Gasteiger partial charge in [-0.15, -0.1) is 0 Å². The van der Waals surface area contributed by atoms with E-state index in [4.69, 9.17) is 11.6 Å². The summed E-state index contributed by atoms with van der Waals surface area (Å²) in [5.74, 6) is 0.360. The number of nitrogens with zero attached hydrogens (tertiary/aromatic N) is 3. The van der Waals surface area contributed by atoms with Crippen LogP contribution in [0.2, 0.25) is 5.02 Å². The molecule has 1 atom stereocenters. The number of piperidine rings is 1. The molecule has 0 bridgehead atoms. The summed E-state index contributed by atoms with van der Waals surface area (Å²) in [6, 6.07) is 7.58. The zero-order chi connectivity index (χ0) is 22.4. The minimum absolute atomic E-state index is 0.0150. The lowest BCUT2D eigenvalue weighted by molar-refractivity contribution is -0.135. The fraction of sp³-hybridized carbons (Fsp3) is 0.391. The smallest absolute Gasteiger partial charge is 0.247 e. The quantitative estimate of drug-likeness (QED) is 0.636. The third-order valence-corrected chi connectivity index (χ3v) is 5.51. The molecule has 2 aromatic rings. The van der Waals surface area contributed by atoms with Crippen LogP contribution in [0.3, 0.4) is 0 Å². The molecule has 0 radical (unpaired) electrons. The van der Waals surface area contributed by atoms with E-state index in [0.717, 1.165) is 24.9 Å². The van der Waals surface area contributed by atoms with Crippen molar-refractivity contribution in [1.29, 1.82) is 0 Å². The molecule has 1 aromatic carbocycles. The predicted molar refractivity (Wildman–Crippen MR) is 123 cm³/mol. The maximum Gasteiger partial charge on any atom is 0.247 e. The first kappa shape index (κ1) is 22.7. The number of hydrogen-bond acceptors (Lipinski definition) is 5. The molecule has 0 saturated carbocycles. The number of nitrogens with one attached hydrogen (secondary N) is 2. The molecule has 2 amide bonds. The Hall–Kier alpha value is -2.93. The van der Waals surface area contributed by atoms with E-state index < -0.39 is 0 Å². The number of benzene rings is 1. The van der Waals surface area contributed by atoms with Crippen molar-refractivity contribution < 1.29 is 9.59 Å². The Morgan fingerprint density at radius 1 is 1.35 bits per heavy atom. The molecule has 8 heteroatoms. The Balaban J connectivity index is 1.73. The molecule has 0 unspecified atom stereocenters. The third-order valence-electron chi connectivity index (χ3n) is 5.20. The van der Waals surface area contributed by atoms with Crippen LogP contribution in [0.15, 0.2) is 43.1 Å². The van der Waals surface area contributed by atoms with Gasteiger partial charge in [-0.2, -0.15) is 0 Å². The highest BCUT2D eigenvalue weighted by atomic mass is 35.5. The van der Waals surface area contributed by atoms with Crippen LogP contribution in [0, 0.1) is 5.92 Å². The van der Waals surface area contributed by atoms with Gasteiger partial charge in [-0.25, -0.2) is 9.97 Å². The number of anilines is 2. The zero-order valence-corrected chi connectivity index (χ0v) is 18.7. The van der Waals surface area contributed by atoms with Gasteiger partial charge in [-0.05, 0) is 30.5 Å². The van der Waals surface area contributed by atoms with E-state index in [2.05, 4.69) is 27.2 Å². The highest BCUT2D eigenvalue weighted by molar-refractivity contribution is 6.31. The molecule has 2 N–H and O–H groups in total. The van der Waals surface area contributed by atoms with Crippen molar-refractivity contribution in [2.45, 2.75) is 39.2 Å². The Morgan fingerprint density at radius 3 is 2.87 bits per heavy atom. The molecule has 1 aliphatic heterocycles. The Bertz CT molecular complexity index is 963. The SMILES string of the molecule is C=CC(=O)Nc1ccccc1Cc1nc(N[C@H]2CCCN(C(=O)C(C)C)C2)ncc1Cl. The number of rotatable bonds is 7. The summed E-state index contributed by atoms with van der Waals surface area (Å²) in [5, 5.41) is 6.62. The van der Waals surface area contributed by atoms with Crippen LogP contribution in [-0.2, 0) is 16.0 Å². The van der Waals surface area contributed by atoms with Crippen LogP contribution < -0.4 is 10.6 Å². The number of carbonyl (C=O) groups excluding carboxylic acids is 2. The van der Waals surface area contributed by atoms with Crippen LogP contribution in [0.1, 0.15) is 37.9 Å². The van der Waals surface area contributed by atoms with Crippen LogP contribution in [0.4, 0.5) is 11.6 Å². The summed E-state index contributed by atoms with van der Waals surface area (Å²) in [6.07, 6.45) is 5.13. The lowest BCUT2D eigenvalue weighted by Gasteiger charge is -2.34. The molecule has 1 aliphatic rings. The second kappa shape index (κ2) is 10.4. The summed E-state index contributed by atoms with van der Waals surface area (Å²) in [4.78, 5) is 34.9. The normalized spacial score (nSPS) is 16.1. The van der Waals surface area contributed by atoms with Gasteiger partial charge in [0.2, 0.25) is 17.8 Å². The fourth-order valence-electron chi connectivity index (χ4n) is 3.60. The summed E-state index contributed by atoms with van der Waals surface area (Å²) in [6.45, 7) is 8.75. The molecule has 31 heavy (non-hydrogen) atoms. The molecule has 3 rings (SSSR count). The molecular weight excluding hydrogens is 414 g/mol. The van der Waals surface area contributed by atoms with Crippen LogP contribution in [0.25, 0.3) is 0 Å². The summed E-state index contributed by atoms with van der Waals surface area (Å²) in [7, 11) is 0. The average molecular weight is 442 g/mol. The van der Waals surface area contributed by atoms with Crippen LogP contribution >= 0.6 is 11.6 Å². The standard InChI is InChI=1S/C23H28ClN5O2/c1-4-21(30)27-19-10-6-5-8-16(19)12-20-18(24)13-25-23(28-20)26-17-9-7-11-29(14-17)22(31)15(2)3/h4-6,8,10,13,15,17H,1,7,9,11-12,14H2,2-3H3,(H,27,30)(H,25,26,28)/t17-/m0/s1. The first-order valence-corrected chi connectivity index (χ1v) is 10.8. The van der Waals surface area contributed by atoms with Crippen molar-refractivity contribution in [3.05, 3.63) is 59.4 Å². The predicted octanol–water partition coefficient (Wildman–Crippen LogP) is 3.90. The largest absolute Gasteiger partial charge is 0.350 e. The molecule has 1 aromatic heterocycles. The highest BCUT2D eigenvalue weighted by Crippen LogP contribution is 2.24. The number of halogens is 1. The van der Waals surface area contributed by atoms with Gasteiger partial charge in [0.1, 0.15) is 0 Å². The summed E-state index contributed by atoms with van der Waals surface area (Å²) < 4.78 is 0. The Labute approximate surface area is 187 Å². The van der Waals surface area contributed by atoms with Gasteiger partial charge in [0.05, 0.1) is 16.9 Å². The lowest BCUT2D eigenvalue weighted by Crippen LogP contribution is -2.46. The third kappa shape index (κ3) is 6.04. The molecule has 0 spiro atoms. The highest BCUT2D eigenvalue weighted by Gasteiger charge is 2.25. The van der Waals surface area contributed by atoms with Gasteiger partial charge in [0.25, 0.3) is 0 Å². The zero-order valence-electron chi connectivity index (χ0n) is 17.9. The monoisotopic (exact) mass is 441 g/mol. The number of carbonyl (C=O) groups is 2. The lowest BCUT2D eigenvalue weighted by atomic mass is 10.0. The number of aromatic nitrogens is 2. The van der Waals surface area contributed by atoms with Crippen molar-refractivity contribution >= 4 is 35.1 Å². The Morgan fingerprint density at radius 2 is 2.13 bits per heavy atom. The van der Waals surface area contributed by atoms with Gasteiger partial charge < -0.3 is 15.5 Å². The molecule has 164 valence electrons. The second-order valence-electron chi connectivity index (χ2n) is 7.94. The van der Waals surface area contributed by atoms with E-state index in [1.165, 1.54) is 6.08 Å². The number of hydrogen-bond donors (Lipinski definition) is 2. The number of likely N-dealkylation sites (tertiary alicyclic amines) is 1. The van der Waals surface area contributed by atoms with Gasteiger partial charge in [-0.3, -0.25) is 9.59 Å². The number of amides is 2. The van der Waals surface area contributed by atoms with Crippen molar-refractivity contribution in [2.24, 2.45) is 5.92 Å². The van der Waals surface area contributed by atoms with E-state index in [1.54, 1.807) is 6.20 Å². The topological polar surface area (TPSA) is 87.2 Å². The molecular formula is C23H28ClN5O2.